The minimum absolute atomic E-state index is 0.214. The molecule has 8 heteroatoms. The zero-order valence-electron chi connectivity index (χ0n) is 21.1. The van der Waals surface area contributed by atoms with E-state index in [1.807, 2.05) is 76.6 Å². The number of carboxylic acid groups (broad SMARTS) is 1. The van der Waals surface area contributed by atoms with Gasteiger partial charge in [-0.05, 0) is 85.7 Å². The van der Waals surface area contributed by atoms with Gasteiger partial charge < -0.3 is 9.84 Å². The van der Waals surface area contributed by atoms with Gasteiger partial charge in [-0.25, -0.2) is 13.2 Å². The first-order chi connectivity index (χ1) is 16.2. The van der Waals surface area contributed by atoms with Gasteiger partial charge in [-0.2, -0.15) is 11.3 Å². The van der Waals surface area contributed by atoms with Gasteiger partial charge >= 0.3 is 5.97 Å². The van der Waals surface area contributed by atoms with Crippen LogP contribution in [0, 0.1) is 20.8 Å². The summed E-state index contributed by atoms with van der Waals surface area (Å²) in [5, 5.41) is 14.3. The average Bonchev–Trinajstić information content (AvgIpc) is 3.21. The second kappa shape index (κ2) is 8.76. The molecule has 0 radical (unpaired) electrons. The van der Waals surface area contributed by atoms with E-state index >= 15 is 0 Å². The first-order valence-electron chi connectivity index (χ1n) is 11.4. The van der Waals surface area contributed by atoms with Crippen LogP contribution in [0.2, 0.25) is 0 Å². The fourth-order valence-corrected chi connectivity index (χ4v) is 6.61. The van der Waals surface area contributed by atoms with Crippen LogP contribution in [0.4, 0.5) is 5.69 Å². The molecule has 0 aliphatic carbocycles. The molecule has 0 bridgehead atoms. The number of carbonyl (C=O) groups is 1. The molecular formula is C27H31NO5S2. The Kier molecular flexibility index (Phi) is 6.36. The Hall–Kier alpha value is -2.68. The molecule has 2 aromatic carbocycles. The highest BCUT2D eigenvalue weighted by Gasteiger charge is 2.38. The third-order valence-corrected chi connectivity index (χ3v) is 8.19. The van der Waals surface area contributed by atoms with Crippen molar-refractivity contribution in [3.05, 3.63) is 62.8 Å². The second-order valence-corrected chi connectivity index (χ2v) is 12.8. The molecule has 4 rings (SSSR count). The predicted octanol–water partition coefficient (Wildman–Crippen LogP) is 6.23. The zero-order chi connectivity index (χ0) is 25.9. The molecule has 1 aliphatic heterocycles. The number of aryl methyl sites for hydroxylation is 1. The Balaban J connectivity index is 2.18. The highest BCUT2D eigenvalue weighted by Crippen LogP contribution is 2.52. The van der Waals surface area contributed by atoms with Gasteiger partial charge in [0.2, 0.25) is 10.0 Å². The fourth-order valence-electron chi connectivity index (χ4n) is 4.84. The van der Waals surface area contributed by atoms with Crippen LogP contribution < -0.4 is 4.31 Å². The largest absolute Gasteiger partial charge is 0.479 e. The molecule has 1 atom stereocenters. The van der Waals surface area contributed by atoms with E-state index in [0.29, 0.717) is 16.8 Å². The Labute approximate surface area is 211 Å². The van der Waals surface area contributed by atoms with Gasteiger partial charge in [-0.3, -0.25) is 4.31 Å². The number of rotatable bonds is 5. The molecule has 3 aromatic rings. The van der Waals surface area contributed by atoms with Crippen molar-refractivity contribution in [2.75, 3.05) is 10.6 Å². The summed E-state index contributed by atoms with van der Waals surface area (Å²) in [5.41, 5.74) is 7.21. The number of hydrogen-bond donors (Lipinski definition) is 1. The summed E-state index contributed by atoms with van der Waals surface area (Å²) in [7, 11) is -3.63. The standard InChI is InChI=1S/C27H31NO5S2/c1-15-8-10-18(11-9-15)21-16(2)22-20-14-34-13-19(20)12-28(35(7,31)32)24(22)17(3)23(21)25(26(29)30)33-27(4,5)6/h8-11,13-14,25H,12H2,1-7H3,(H,29,30)/t25-/m0/s1. The Morgan fingerprint density at radius 2 is 1.69 bits per heavy atom. The van der Waals surface area contributed by atoms with Gasteiger partial charge in [0.05, 0.1) is 24.1 Å². The molecule has 0 spiro atoms. The molecule has 0 saturated carbocycles. The van der Waals surface area contributed by atoms with E-state index in [1.165, 1.54) is 21.9 Å². The van der Waals surface area contributed by atoms with Crippen molar-refractivity contribution < 1.29 is 23.1 Å². The van der Waals surface area contributed by atoms with Crippen LogP contribution in [-0.2, 0) is 26.1 Å². The Bertz CT molecular complexity index is 1410. The van der Waals surface area contributed by atoms with Crippen LogP contribution in [0.1, 0.15) is 54.7 Å². The zero-order valence-corrected chi connectivity index (χ0v) is 22.7. The Morgan fingerprint density at radius 3 is 2.23 bits per heavy atom. The maximum atomic E-state index is 13.0. The SMILES string of the molecule is Cc1ccc(-c2c(C)c3c(c(C)c2[C@H](OC(C)(C)C)C(=O)O)N(S(C)(=O)=O)Cc2cscc2-3)cc1. The van der Waals surface area contributed by atoms with E-state index in [9.17, 15) is 18.3 Å². The lowest BCUT2D eigenvalue weighted by Gasteiger charge is -2.36. The van der Waals surface area contributed by atoms with Crippen molar-refractivity contribution in [2.24, 2.45) is 0 Å². The first kappa shape index (κ1) is 25.4. The summed E-state index contributed by atoms with van der Waals surface area (Å²) in [5.74, 6) is -1.12. The van der Waals surface area contributed by atoms with Crippen molar-refractivity contribution in [1.82, 2.24) is 0 Å². The highest BCUT2D eigenvalue weighted by molar-refractivity contribution is 7.92. The number of hydrogen-bond acceptors (Lipinski definition) is 5. The molecule has 1 N–H and O–H groups in total. The lowest BCUT2D eigenvalue weighted by molar-refractivity contribution is -0.160. The topological polar surface area (TPSA) is 83.9 Å². The molecule has 0 saturated heterocycles. The predicted molar refractivity (Wildman–Crippen MR) is 142 cm³/mol. The van der Waals surface area contributed by atoms with Crippen molar-refractivity contribution in [1.29, 1.82) is 0 Å². The van der Waals surface area contributed by atoms with Crippen LogP contribution in [0.25, 0.3) is 22.3 Å². The van der Waals surface area contributed by atoms with Gasteiger partial charge in [0.1, 0.15) is 0 Å². The van der Waals surface area contributed by atoms with Crippen molar-refractivity contribution >= 4 is 33.0 Å². The Morgan fingerprint density at radius 1 is 1.06 bits per heavy atom. The number of fused-ring (bicyclic) bond motifs is 3. The first-order valence-corrected chi connectivity index (χ1v) is 14.2. The molecular weight excluding hydrogens is 482 g/mol. The lowest BCUT2D eigenvalue weighted by atomic mass is 9.81. The van der Waals surface area contributed by atoms with Crippen LogP contribution in [0.15, 0.2) is 35.0 Å². The third-order valence-electron chi connectivity index (χ3n) is 6.29. The van der Waals surface area contributed by atoms with E-state index < -0.39 is 27.7 Å². The highest BCUT2D eigenvalue weighted by atomic mass is 32.2. The molecule has 0 fully saturated rings. The number of carboxylic acids is 1. The number of aliphatic carboxylic acids is 1. The second-order valence-electron chi connectivity index (χ2n) is 10.2. The molecule has 6 nitrogen and oxygen atoms in total. The average molecular weight is 514 g/mol. The van der Waals surface area contributed by atoms with Gasteiger partial charge in [-0.15, -0.1) is 0 Å². The van der Waals surface area contributed by atoms with Crippen molar-refractivity contribution in [3.8, 4) is 22.3 Å². The summed E-state index contributed by atoms with van der Waals surface area (Å²) >= 11 is 1.53. The van der Waals surface area contributed by atoms with E-state index in [0.717, 1.165) is 38.9 Å². The van der Waals surface area contributed by atoms with Crippen LogP contribution in [0.3, 0.4) is 0 Å². The quantitative estimate of drug-likeness (QED) is 0.437. The number of ether oxygens (including phenoxy) is 1. The van der Waals surface area contributed by atoms with Crippen LogP contribution in [-0.4, -0.2) is 31.4 Å². The smallest absolute Gasteiger partial charge is 0.337 e. The van der Waals surface area contributed by atoms with E-state index in [-0.39, 0.29) is 6.54 Å². The maximum absolute atomic E-state index is 13.0. The monoisotopic (exact) mass is 513 g/mol. The molecule has 1 aliphatic rings. The van der Waals surface area contributed by atoms with Crippen molar-refractivity contribution in [2.45, 2.75) is 59.8 Å². The summed E-state index contributed by atoms with van der Waals surface area (Å²) in [6.45, 7) is 11.4. The van der Waals surface area contributed by atoms with Crippen LogP contribution in [0.5, 0.6) is 0 Å². The number of benzene rings is 2. The van der Waals surface area contributed by atoms with Crippen molar-refractivity contribution in [3.63, 3.8) is 0 Å². The summed E-state index contributed by atoms with van der Waals surface area (Å²) in [6, 6.07) is 7.95. The minimum Gasteiger partial charge on any atom is -0.479 e. The molecule has 0 unspecified atom stereocenters. The van der Waals surface area contributed by atoms with Gasteiger partial charge in [0.15, 0.2) is 6.10 Å². The number of thiophene rings is 1. The molecule has 186 valence electrons. The lowest BCUT2D eigenvalue weighted by Crippen LogP contribution is -2.34. The normalized spacial score (nSPS) is 14.4. The van der Waals surface area contributed by atoms with Gasteiger partial charge in [0, 0.05) is 11.1 Å². The molecule has 35 heavy (non-hydrogen) atoms. The van der Waals surface area contributed by atoms with Crippen LogP contribution >= 0.6 is 11.3 Å². The fraction of sp³-hybridized carbons (Fsp3) is 0.370. The number of sulfonamides is 1. The number of nitrogens with zero attached hydrogens (tertiary/aromatic N) is 1. The third kappa shape index (κ3) is 4.62. The maximum Gasteiger partial charge on any atom is 0.337 e. The summed E-state index contributed by atoms with van der Waals surface area (Å²) < 4.78 is 33.4. The molecule has 1 aromatic heterocycles. The van der Waals surface area contributed by atoms with Gasteiger partial charge in [-0.1, -0.05) is 29.8 Å². The van der Waals surface area contributed by atoms with E-state index in [4.69, 9.17) is 4.74 Å². The number of anilines is 1. The van der Waals surface area contributed by atoms with E-state index in [1.54, 1.807) is 0 Å². The summed E-state index contributed by atoms with van der Waals surface area (Å²) in [4.78, 5) is 12.6. The molecule has 0 amide bonds. The molecule has 2 heterocycles. The van der Waals surface area contributed by atoms with E-state index in [2.05, 4.69) is 0 Å². The summed E-state index contributed by atoms with van der Waals surface area (Å²) in [6.07, 6.45) is -0.0860. The van der Waals surface area contributed by atoms with Gasteiger partial charge in [0.25, 0.3) is 0 Å². The minimum atomic E-state index is -3.63.